The summed E-state index contributed by atoms with van der Waals surface area (Å²) in [6.45, 7) is 8.09. The SMILES string of the molecule is Cc1ccccc1C(C)NCC1(C)CCCCC1. The van der Waals surface area contributed by atoms with Gasteiger partial charge in [-0.15, -0.1) is 0 Å². The van der Waals surface area contributed by atoms with E-state index in [1.54, 1.807) is 0 Å². The summed E-state index contributed by atoms with van der Waals surface area (Å²) in [5.74, 6) is 0. The van der Waals surface area contributed by atoms with Crippen molar-refractivity contribution in [2.75, 3.05) is 6.54 Å². The zero-order chi connectivity index (χ0) is 13.0. The first-order valence-electron chi connectivity index (χ1n) is 7.40. The van der Waals surface area contributed by atoms with Gasteiger partial charge in [-0.3, -0.25) is 0 Å². The van der Waals surface area contributed by atoms with E-state index in [-0.39, 0.29) is 0 Å². The van der Waals surface area contributed by atoms with Gasteiger partial charge in [0, 0.05) is 12.6 Å². The number of nitrogens with one attached hydrogen (secondary N) is 1. The molecule has 0 amide bonds. The Balaban J connectivity index is 1.92. The van der Waals surface area contributed by atoms with E-state index in [4.69, 9.17) is 0 Å². The number of aryl methyl sites for hydroxylation is 1. The second kappa shape index (κ2) is 5.88. The second-order valence-electron chi connectivity index (χ2n) is 6.33. The summed E-state index contributed by atoms with van der Waals surface area (Å²) in [4.78, 5) is 0. The van der Waals surface area contributed by atoms with Crippen LogP contribution in [0.2, 0.25) is 0 Å². The van der Waals surface area contributed by atoms with Crippen molar-refractivity contribution >= 4 is 0 Å². The molecule has 0 radical (unpaired) electrons. The van der Waals surface area contributed by atoms with E-state index in [0.29, 0.717) is 11.5 Å². The van der Waals surface area contributed by atoms with E-state index >= 15 is 0 Å². The molecule has 1 aromatic rings. The van der Waals surface area contributed by atoms with Gasteiger partial charge in [0.2, 0.25) is 0 Å². The summed E-state index contributed by atoms with van der Waals surface area (Å²) >= 11 is 0. The predicted octanol–water partition coefficient (Wildman–Crippen LogP) is 4.62. The third kappa shape index (κ3) is 3.35. The van der Waals surface area contributed by atoms with Crippen molar-refractivity contribution in [3.63, 3.8) is 0 Å². The van der Waals surface area contributed by atoms with Crippen molar-refractivity contribution < 1.29 is 0 Å². The summed E-state index contributed by atoms with van der Waals surface area (Å²) in [5, 5.41) is 3.75. The van der Waals surface area contributed by atoms with Gasteiger partial charge in [0.1, 0.15) is 0 Å². The van der Waals surface area contributed by atoms with Gasteiger partial charge < -0.3 is 5.32 Å². The average Bonchev–Trinajstić information content (AvgIpc) is 2.38. The highest BCUT2D eigenvalue weighted by atomic mass is 14.9. The van der Waals surface area contributed by atoms with Crippen LogP contribution in [0.3, 0.4) is 0 Å². The molecule has 0 bridgehead atoms. The first-order valence-corrected chi connectivity index (χ1v) is 7.40. The van der Waals surface area contributed by atoms with Gasteiger partial charge in [-0.1, -0.05) is 50.5 Å². The van der Waals surface area contributed by atoms with Crippen LogP contribution in [0.15, 0.2) is 24.3 Å². The molecule has 0 spiro atoms. The largest absolute Gasteiger partial charge is 0.310 e. The molecule has 1 aliphatic carbocycles. The molecule has 1 unspecified atom stereocenters. The van der Waals surface area contributed by atoms with Crippen molar-refractivity contribution in [2.45, 2.75) is 58.9 Å². The minimum atomic E-state index is 0.463. The molecule has 0 heterocycles. The summed E-state index contributed by atoms with van der Waals surface area (Å²) in [5.41, 5.74) is 3.36. The smallest absolute Gasteiger partial charge is 0.0294 e. The Labute approximate surface area is 112 Å². The lowest BCUT2D eigenvalue weighted by Gasteiger charge is -2.35. The van der Waals surface area contributed by atoms with E-state index in [9.17, 15) is 0 Å². The Morgan fingerprint density at radius 1 is 1.17 bits per heavy atom. The highest BCUT2D eigenvalue weighted by Gasteiger charge is 2.26. The molecule has 2 rings (SSSR count). The van der Waals surface area contributed by atoms with E-state index in [0.717, 1.165) is 6.54 Å². The lowest BCUT2D eigenvalue weighted by molar-refractivity contribution is 0.202. The third-order valence-corrected chi connectivity index (χ3v) is 4.55. The number of hydrogen-bond donors (Lipinski definition) is 1. The molecule has 0 aliphatic heterocycles. The highest BCUT2D eigenvalue weighted by molar-refractivity contribution is 5.28. The molecule has 1 N–H and O–H groups in total. The van der Waals surface area contributed by atoms with E-state index < -0.39 is 0 Å². The number of rotatable bonds is 4. The van der Waals surface area contributed by atoms with E-state index in [2.05, 4.69) is 50.4 Å². The van der Waals surface area contributed by atoms with Gasteiger partial charge in [-0.2, -0.15) is 0 Å². The Morgan fingerprint density at radius 3 is 2.50 bits per heavy atom. The number of hydrogen-bond acceptors (Lipinski definition) is 1. The highest BCUT2D eigenvalue weighted by Crippen LogP contribution is 2.35. The molecule has 100 valence electrons. The van der Waals surface area contributed by atoms with Crippen LogP contribution in [0.5, 0.6) is 0 Å². The first kappa shape index (κ1) is 13.6. The molecule has 18 heavy (non-hydrogen) atoms. The fraction of sp³-hybridized carbons (Fsp3) is 0.647. The maximum Gasteiger partial charge on any atom is 0.0294 e. The van der Waals surface area contributed by atoms with E-state index in [1.807, 2.05) is 0 Å². The zero-order valence-corrected chi connectivity index (χ0v) is 12.1. The second-order valence-corrected chi connectivity index (χ2v) is 6.33. The molecule has 1 fully saturated rings. The normalized spacial score (nSPS) is 20.6. The Hall–Kier alpha value is -0.820. The molecule has 1 heteroatoms. The summed E-state index contributed by atoms with van der Waals surface area (Å²) in [6, 6.07) is 9.17. The Kier molecular flexibility index (Phi) is 4.45. The number of benzene rings is 1. The fourth-order valence-electron chi connectivity index (χ4n) is 3.16. The Bertz CT molecular complexity index is 377. The van der Waals surface area contributed by atoms with Gasteiger partial charge in [-0.05, 0) is 43.2 Å². The van der Waals surface area contributed by atoms with Crippen LogP contribution in [-0.4, -0.2) is 6.54 Å². The minimum absolute atomic E-state index is 0.463. The van der Waals surface area contributed by atoms with Crippen LogP contribution in [0.25, 0.3) is 0 Å². The summed E-state index contributed by atoms with van der Waals surface area (Å²) in [7, 11) is 0. The van der Waals surface area contributed by atoms with Crippen molar-refractivity contribution in [3.05, 3.63) is 35.4 Å². The molecule has 1 aromatic carbocycles. The van der Waals surface area contributed by atoms with Crippen molar-refractivity contribution in [2.24, 2.45) is 5.41 Å². The van der Waals surface area contributed by atoms with Gasteiger partial charge in [0.25, 0.3) is 0 Å². The topological polar surface area (TPSA) is 12.0 Å². The molecular formula is C17H27N. The van der Waals surface area contributed by atoms with Gasteiger partial charge in [0.05, 0.1) is 0 Å². The van der Waals surface area contributed by atoms with Crippen molar-refractivity contribution in [1.82, 2.24) is 5.32 Å². The quantitative estimate of drug-likeness (QED) is 0.816. The predicted molar refractivity (Wildman–Crippen MR) is 78.8 cm³/mol. The van der Waals surface area contributed by atoms with Crippen LogP contribution >= 0.6 is 0 Å². The lowest BCUT2D eigenvalue weighted by atomic mass is 9.75. The third-order valence-electron chi connectivity index (χ3n) is 4.55. The van der Waals surface area contributed by atoms with Gasteiger partial charge >= 0.3 is 0 Å². The van der Waals surface area contributed by atoms with Gasteiger partial charge in [-0.25, -0.2) is 0 Å². The molecule has 1 saturated carbocycles. The minimum Gasteiger partial charge on any atom is -0.310 e. The molecule has 0 aromatic heterocycles. The first-order chi connectivity index (χ1) is 8.61. The van der Waals surface area contributed by atoms with Crippen LogP contribution < -0.4 is 5.32 Å². The summed E-state index contributed by atoms with van der Waals surface area (Å²) in [6.07, 6.45) is 7.04. The molecule has 0 saturated heterocycles. The van der Waals surface area contributed by atoms with Crippen molar-refractivity contribution in [3.8, 4) is 0 Å². The average molecular weight is 245 g/mol. The van der Waals surface area contributed by atoms with E-state index in [1.165, 1.54) is 43.2 Å². The standard InChI is InChI=1S/C17H27N/c1-14-9-5-6-10-16(14)15(2)18-13-17(3)11-7-4-8-12-17/h5-6,9-10,15,18H,4,7-8,11-13H2,1-3H3. The molecule has 1 aliphatic rings. The maximum atomic E-state index is 3.75. The van der Waals surface area contributed by atoms with Crippen LogP contribution in [0.1, 0.15) is 63.1 Å². The monoisotopic (exact) mass is 245 g/mol. The molecule has 1 nitrogen and oxygen atoms in total. The summed E-state index contributed by atoms with van der Waals surface area (Å²) < 4.78 is 0. The fourth-order valence-corrected chi connectivity index (χ4v) is 3.16. The Morgan fingerprint density at radius 2 is 1.83 bits per heavy atom. The van der Waals surface area contributed by atoms with Gasteiger partial charge in [0.15, 0.2) is 0 Å². The molecular weight excluding hydrogens is 218 g/mol. The van der Waals surface area contributed by atoms with Crippen LogP contribution in [-0.2, 0) is 0 Å². The van der Waals surface area contributed by atoms with Crippen LogP contribution in [0, 0.1) is 12.3 Å². The zero-order valence-electron chi connectivity index (χ0n) is 12.1. The molecule has 1 atom stereocenters. The van der Waals surface area contributed by atoms with Crippen LogP contribution in [0.4, 0.5) is 0 Å². The van der Waals surface area contributed by atoms with Crippen molar-refractivity contribution in [1.29, 1.82) is 0 Å². The lowest BCUT2D eigenvalue weighted by Crippen LogP contribution is -2.35. The maximum absolute atomic E-state index is 3.75.